The monoisotopic (exact) mass is 549 g/mol. The molecule has 0 aromatic heterocycles. The predicted octanol–water partition coefficient (Wildman–Crippen LogP) is 4.43. The number of nitriles is 1. The Hall–Kier alpha value is -2.89. The van der Waals surface area contributed by atoms with Crippen molar-refractivity contribution < 1.29 is 17.9 Å². The first-order valence-corrected chi connectivity index (χ1v) is 16.0. The minimum absolute atomic E-state index is 0.0135. The molecule has 3 unspecified atom stereocenters. The van der Waals surface area contributed by atoms with Gasteiger partial charge in [-0.2, -0.15) is 5.26 Å². The summed E-state index contributed by atoms with van der Waals surface area (Å²) in [5, 5.41) is 10.8. The van der Waals surface area contributed by atoms with Gasteiger partial charge in [0.05, 0.1) is 16.4 Å². The Morgan fingerprint density at radius 1 is 1.03 bits per heavy atom. The second kappa shape index (κ2) is 11.3. The molecule has 1 aliphatic carbocycles. The molecule has 2 aromatic rings. The summed E-state index contributed by atoms with van der Waals surface area (Å²) in [5.41, 5.74) is 1.47. The number of carbonyl (C=O) groups is 1. The Balaban J connectivity index is 1.22. The fraction of sp³-hybridized carbons (Fsp3) is 0.548. The second-order valence-electron chi connectivity index (χ2n) is 11.6. The lowest BCUT2D eigenvalue weighted by atomic mass is 9.59. The van der Waals surface area contributed by atoms with Crippen LogP contribution in [0, 0.1) is 29.1 Å². The van der Waals surface area contributed by atoms with E-state index in [1.807, 2.05) is 30.3 Å². The second-order valence-corrected chi connectivity index (χ2v) is 13.7. The molecule has 8 heteroatoms. The maximum atomic E-state index is 11.9. The first kappa shape index (κ1) is 27.7. The maximum Gasteiger partial charge on any atom is 0.302 e. The van der Waals surface area contributed by atoms with Crippen LogP contribution in [0.1, 0.15) is 44.6 Å². The number of likely N-dealkylation sites (tertiary alicyclic amines) is 1. The molecule has 2 heterocycles. The van der Waals surface area contributed by atoms with Crippen molar-refractivity contribution in [2.24, 2.45) is 17.8 Å². The first-order valence-electron chi connectivity index (χ1n) is 14.1. The largest absolute Gasteiger partial charge is 0.462 e. The Morgan fingerprint density at radius 2 is 1.69 bits per heavy atom. The molecule has 2 aromatic carbocycles. The van der Waals surface area contributed by atoms with Crippen molar-refractivity contribution in [2.45, 2.75) is 55.4 Å². The third-order valence-electron chi connectivity index (χ3n) is 9.13. The van der Waals surface area contributed by atoms with Crippen LogP contribution in [0.3, 0.4) is 0 Å². The zero-order valence-electron chi connectivity index (χ0n) is 23.0. The van der Waals surface area contributed by atoms with Crippen LogP contribution in [0.5, 0.6) is 0 Å². The van der Waals surface area contributed by atoms with Gasteiger partial charge in [0, 0.05) is 50.3 Å². The third-order valence-corrected chi connectivity index (χ3v) is 10.3. The molecule has 0 radical (unpaired) electrons. The molecule has 7 nitrogen and oxygen atoms in total. The van der Waals surface area contributed by atoms with Gasteiger partial charge < -0.3 is 14.5 Å². The third kappa shape index (κ3) is 5.71. The van der Waals surface area contributed by atoms with Gasteiger partial charge in [-0.1, -0.05) is 30.3 Å². The summed E-state index contributed by atoms with van der Waals surface area (Å²) in [5.74, 6) is 0.546. The molecule has 0 amide bonds. The van der Waals surface area contributed by atoms with E-state index in [0.717, 1.165) is 76.1 Å². The average Bonchev–Trinajstić information content (AvgIpc) is 3.35. The Bertz CT molecular complexity index is 1290. The molecular weight excluding hydrogens is 510 g/mol. The molecule has 0 N–H and O–H groups in total. The van der Waals surface area contributed by atoms with E-state index in [-0.39, 0.29) is 23.9 Å². The van der Waals surface area contributed by atoms with E-state index in [4.69, 9.17) is 4.74 Å². The van der Waals surface area contributed by atoms with E-state index in [0.29, 0.717) is 10.8 Å². The minimum atomic E-state index is -3.18. The molecular formula is C31H39N3O4S. The fourth-order valence-electron chi connectivity index (χ4n) is 7.24. The quantitative estimate of drug-likeness (QED) is 0.450. The summed E-state index contributed by atoms with van der Waals surface area (Å²) in [7, 11) is -3.18. The van der Waals surface area contributed by atoms with E-state index in [9.17, 15) is 18.5 Å². The van der Waals surface area contributed by atoms with Crippen molar-refractivity contribution in [3.8, 4) is 6.07 Å². The van der Waals surface area contributed by atoms with Gasteiger partial charge in [0.1, 0.15) is 6.10 Å². The van der Waals surface area contributed by atoms with Crippen molar-refractivity contribution in [2.75, 3.05) is 43.9 Å². The van der Waals surface area contributed by atoms with E-state index in [2.05, 4.69) is 28.0 Å². The van der Waals surface area contributed by atoms with Crippen LogP contribution >= 0.6 is 0 Å². The Kier molecular flexibility index (Phi) is 8.02. The summed E-state index contributed by atoms with van der Waals surface area (Å²) in [6, 6.07) is 20.2. The molecule has 208 valence electrons. The van der Waals surface area contributed by atoms with Crippen molar-refractivity contribution in [1.29, 1.82) is 5.26 Å². The van der Waals surface area contributed by atoms with Crippen molar-refractivity contribution >= 4 is 21.5 Å². The number of rotatable bonds is 8. The van der Waals surface area contributed by atoms with Crippen LogP contribution in [0.15, 0.2) is 59.5 Å². The molecule has 3 fully saturated rings. The molecule has 1 saturated carbocycles. The predicted molar refractivity (Wildman–Crippen MR) is 151 cm³/mol. The van der Waals surface area contributed by atoms with Gasteiger partial charge >= 0.3 is 5.97 Å². The maximum absolute atomic E-state index is 11.9. The average molecular weight is 550 g/mol. The molecule has 2 saturated heterocycles. The van der Waals surface area contributed by atoms with Crippen molar-refractivity contribution in [3.05, 3.63) is 60.2 Å². The number of esters is 1. The van der Waals surface area contributed by atoms with Gasteiger partial charge in [0.25, 0.3) is 0 Å². The summed E-state index contributed by atoms with van der Waals surface area (Å²) < 4.78 is 29.2. The van der Waals surface area contributed by atoms with Crippen LogP contribution in [-0.2, 0) is 24.8 Å². The van der Waals surface area contributed by atoms with Crippen LogP contribution in [0.2, 0.25) is 0 Å². The highest BCUT2D eigenvalue weighted by molar-refractivity contribution is 7.90. The van der Waals surface area contributed by atoms with Crippen molar-refractivity contribution in [1.82, 2.24) is 4.90 Å². The van der Waals surface area contributed by atoms with Crippen LogP contribution < -0.4 is 4.90 Å². The lowest BCUT2D eigenvalue weighted by Crippen LogP contribution is -2.54. The standard InChI is InChI=1S/C31H39N3O4S/c1-23(35)38-30-10-6-9-29(30)31(22-32,25-7-4-3-5-8-25)26-15-17-33(18-16-26)19-24-20-34(21-24)27-11-13-28(14-12-27)39(2,36)37/h3-5,7-8,11-14,24,26,29-30H,6,9-10,15-21H2,1-2H3. The molecule has 3 atom stereocenters. The van der Waals surface area contributed by atoms with Crippen LogP contribution in [0.25, 0.3) is 0 Å². The van der Waals surface area contributed by atoms with Gasteiger partial charge in [0.2, 0.25) is 0 Å². The minimum Gasteiger partial charge on any atom is -0.462 e. The number of sulfone groups is 1. The number of ether oxygens (including phenoxy) is 1. The summed E-state index contributed by atoms with van der Waals surface area (Å²) in [6.45, 7) is 6.37. The number of benzene rings is 2. The van der Waals surface area contributed by atoms with Gasteiger partial charge in [0.15, 0.2) is 9.84 Å². The highest BCUT2D eigenvalue weighted by Gasteiger charge is 2.53. The van der Waals surface area contributed by atoms with E-state index in [1.54, 1.807) is 12.1 Å². The Labute approximate surface area is 232 Å². The lowest BCUT2D eigenvalue weighted by Gasteiger charge is -2.48. The number of piperidine rings is 1. The smallest absolute Gasteiger partial charge is 0.302 e. The number of hydrogen-bond acceptors (Lipinski definition) is 7. The summed E-state index contributed by atoms with van der Waals surface area (Å²) in [6.07, 6.45) is 5.65. The van der Waals surface area contributed by atoms with Gasteiger partial charge in [-0.15, -0.1) is 0 Å². The first-order chi connectivity index (χ1) is 18.7. The molecule has 2 aliphatic heterocycles. The van der Waals surface area contributed by atoms with Gasteiger partial charge in [-0.05, 0) is 80.9 Å². The topological polar surface area (TPSA) is 90.7 Å². The van der Waals surface area contributed by atoms with E-state index in [1.165, 1.54) is 13.2 Å². The van der Waals surface area contributed by atoms with Gasteiger partial charge in [-0.25, -0.2) is 8.42 Å². The fourth-order valence-corrected chi connectivity index (χ4v) is 7.87. The lowest BCUT2D eigenvalue weighted by molar-refractivity contribution is -0.149. The van der Waals surface area contributed by atoms with E-state index < -0.39 is 15.3 Å². The van der Waals surface area contributed by atoms with E-state index >= 15 is 0 Å². The SMILES string of the molecule is CC(=O)OC1CCCC1C(C#N)(c1ccccc1)C1CCN(CC2CN(c3ccc(S(C)(=O)=O)cc3)C2)CC1. The number of hydrogen-bond donors (Lipinski definition) is 0. The molecule has 3 aliphatic rings. The highest BCUT2D eigenvalue weighted by Crippen LogP contribution is 2.51. The van der Waals surface area contributed by atoms with Crippen molar-refractivity contribution in [3.63, 3.8) is 0 Å². The zero-order valence-corrected chi connectivity index (χ0v) is 23.8. The van der Waals surface area contributed by atoms with Crippen LogP contribution in [0.4, 0.5) is 5.69 Å². The number of anilines is 1. The van der Waals surface area contributed by atoms with Crippen LogP contribution in [-0.4, -0.2) is 64.4 Å². The number of carbonyl (C=O) groups excluding carboxylic acids is 1. The number of nitrogens with zero attached hydrogens (tertiary/aromatic N) is 3. The highest BCUT2D eigenvalue weighted by atomic mass is 32.2. The normalized spacial score (nSPS) is 24.5. The Morgan fingerprint density at radius 3 is 2.28 bits per heavy atom. The van der Waals surface area contributed by atoms with Gasteiger partial charge in [-0.3, -0.25) is 4.79 Å². The molecule has 39 heavy (non-hydrogen) atoms. The molecule has 0 spiro atoms. The molecule has 0 bridgehead atoms. The summed E-state index contributed by atoms with van der Waals surface area (Å²) in [4.78, 5) is 17.1. The zero-order chi connectivity index (χ0) is 27.6. The molecule has 5 rings (SSSR count). The summed E-state index contributed by atoms with van der Waals surface area (Å²) >= 11 is 0.